The Balaban J connectivity index is 2.05. The molecule has 5 heteroatoms. The van der Waals surface area contributed by atoms with Crippen molar-refractivity contribution in [2.24, 2.45) is 0 Å². The van der Waals surface area contributed by atoms with Gasteiger partial charge in [0.05, 0.1) is 24.6 Å². The fraction of sp³-hybridized carbons (Fsp3) is 0.400. The normalized spacial score (nSPS) is 17.7. The number of morpholine rings is 1. The second-order valence-electron chi connectivity index (χ2n) is 3.44. The van der Waals surface area contributed by atoms with Crippen molar-refractivity contribution in [3.05, 3.63) is 24.0 Å². The number of hydrogen-bond acceptors (Lipinski definition) is 4. The Hall–Kier alpha value is -1.33. The van der Waals surface area contributed by atoms with Gasteiger partial charge in [-0.25, -0.2) is 9.40 Å². The molecule has 0 aromatic heterocycles. The maximum absolute atomic E-state index is 13.0. The summed E-state index contributed by atoms with van der Waals surface area (Å²) in [4.78, 5) is 0. The third-order valence-electron chi connectivity index (χ3n) is 2.30. The van der Waals surface area contributed by atoms with E-state index in [-0.39, 0.29) is 5.82 Å². The van der Waals surface area contributed by atoms with Crippen LogP contribution in [0.2, 0.25) is 0 Å². The van der Waals surface area contributed by atoms with Crippen molar-refractivity contribution in [3.8, 4) is 0 Å². The van der Waals surface area contributed by atoms with Crippen molar-refractivity contribution in [2.75, 3.05) is 37.5 Å². The molecule has 1 aromatic rings. The average Bonchev–Trinajstić information content (AvgIpc) is 2.25. The van der Waals surface area contributed by atoms with Crippen molar-refractivity contribution >= 4 is 11.4 Å². The highest BCUT2D eigenvalue weighted by Gasteiger charge is 2.11. The molecule has 0 saturated carbocycles. The molecule has 0 radical (unpaired) electrons. The van der Waals surface area contributed by atoms with E-state index in [1.54, 1.807) is 6.07 Å². The Bertz CT molecular complexity index is 339. The maximum atomic E-state index is 13.0. The van der Waals surface area contributed by atoms with Crippen LogP contribution in [0.5, 0.6) is 0 Å². The molecular formula is C10H14FN3O. The molecule has 0 aliphatic carbocycles. The molecule has 4 nitrogen and oxygen atoms in total. The van der Waals surface area contributed by atoms with Gasteiger partial charge in [0.1, 0.15) is 5.82 Å². The van der Waals surface area contributed by atoms with Crippen LogP contribution in [0.1, 0.15) is 0 Å². The molecule has 1 aliphatic heterocycles. The molecule has 0 bridgehead atoms. The van der Waals surface area contributed by atoms with Crippen LogP contribution >= 0.6 is 0 Å². The second-order valence-corrected chi connectivity index (χ2v) is 3.44. The van der Waals surface area contributed by atoms with Crippen molar-refractivity contribution in [1.29, 1.82) is 0 Å². The van der Waals surface area contributed by atoms with Crippen LogP contribution in [-0.2, 0) is 4.74 Å². The van der Waals surface area contributed by atoms with Crippen LogP contribution < -0.4 is 11.2 Å². The molecule has 0 atom stereocenters. The maximum Gasteiger partial charge on any atom is 0.125 e. The lowest BCUT2D eigenvalue weighted by molar-refractivity contribution is 0.0497. The van der Waals surface area contributed by atoms with E-state index in [0.717, 1.165) is 13.1 Å². The topological polar surface area (TPSA) is 50.5 Å². The van der Waals surface area contributed by atoms with Gasteiger partial charge >= 0.3 is 0 Å². The lowest BCUT2D eigenvalue weighted by Gasteiger charge is -2.28. The minimum absolute atomic E-state index is 0.292. The monoisotopic (exact) mass is 211 g/mol. The predicted octanol–water partition coefficient (Wildman–Crippen LogP) is 1.07. The van der Waals surface area contributed by atoms with E-state index in [2.05, 4.69) is 5.43 Å². The molecule has 1 aliphatic rings. The summed E-state index contributed by atoms with van der Waals surface area (Å²) in [6.45, 7) is 2.91. The average molecular weight is 211 g/mol. The zero-order valence-corrected chi connectivity index (χ0v) is 8.37. The number of halogens is 1. The van der Waals surface area contributed by atoms with Gasteiger partial charge in [0.15, 0.2) is 0 Å². The van der Waals surface area contributed by atoms with Gasteiger partial charge in [0.25, 0.3) is 0 Å². The Morgan fingerprint density at radius 2 is 2.07 bits per heavy atom. The number of benzene rings is 1. The number of nitrogens with zero attached hydrogens (tertiary/aromatic N) is 1. The Morgan fingerprint density at radius 3 is 2.80 bits per heavy atom. The highest BCUT2D eigenvalue weighted by Crippen LogP contribution is 2.20. The predicted molar refractivity (Wildman–Crippen MR) is 56.8 cm³/mol. The number of hydrogen-bond donors (Lipinski definition) is 2. The molecule has 1 fully saturated rings. The van der Waals surface area contributed by atoms with E-state index in [4.69, 9.17) is 10.5 Å². The summed E-state index contributed by atoms with van der Waals surface area (Å²) in [5, 5.41) is 1.97. The number of ether oxygens (including phenoxy) is 1. The zero-order chi connectivity index (χ0) is 10.7. The van der Waals surface area contributed by atoms with Gasteiger partial charge in [-0.2, -0.15) is 0 Å². The van der Waals surface area contributed by atoms with E-state index < -0.39 is 0 Å². The zero-order valence-electron chi connectivity index (χ0n) is 8.37. The second kappa shape index (κ2) is 4.46. The van der Waals surface area contributed by atoms with E-state index >= 15 is 0 Å². The van der Waals surface area contributed by atoms with Gasteiger partial charge in [-0.3, -0.25) is 0 Å². The van der Waals surface area contributed by atoms with Crippen molar-refractivity contribution in [1.82, 2.24) is 5.01 Å². The fourth-order valence-corrected chi connectivity index (χ4v) is 1.47. The number of anilines is 2. The first-order chi connectivity index (χ1) is 7.25. The van der Waals surface area contributed by atoms with Crippen molar-refractivity contribution < 1.29 is 9.13 Å². The number of nitrogen functional groups attached to an aromatic ring is 1. The molecule has 15 heavy (non-hydrogen) atoms. The lowest BCUT2D eigenvalue weighted by atomic mass is 10.2. The van der Waals surface area contributed by atoms with Crippen LogP contribution in [0.25, 0.3) is 0 Å². The molecular weight excluding hydrogens is 197 g/mol. The highest BCUT2D eigenvalue weighted by molar-refractivity contribution is 5.65. The first kappa shape index (κ1) is 10.2. The quantitative estimate of drug-likeness (QED) is 0.718. The van der Waals surface area contributed by atoms with Crippen LogP contribution in [0.3, 0.4) is 0 Å². The first-order valence-electron chi connectivity index (χ1n) is 4.90. The number of nitrogens with one attached hydrogen (secondary N) is 1. The Kier molecular flexibility index (Phi) is 3.03. The minimum atomic E-state index is -0.292. The van der Waals surface area contributed by atoms with Gasteiger partial charge in [-0.05, 0) is 12.1 Å². The minimum Gasteiger partial charge on any atom is -0.397 e. The third-order valence-corrected chi connectivity index (χ3v) is 2.30. The van der Waals surface area contributed by atoms with Crippen molar-refractivity contribution in [2.45, 2.75) is 0 Å². The highest BCUT2D eigenvalue weighted by atomic mass is 19.1. The standard InChI is InChI=1S/C10H14FN3O/c11-8-1-2-9(12)10(7-8)13-14-3-5-15-6-4-14/h1-2,7,13H,3-6,12H2. The van der Waals surface area contributed by atoms with Crippen LogP contribution in [0.15, 0.2) is 18.2 Å². The van der Waals surface area contributed by atoms with Gasteiger partial charge in [0, 0.05) is 19.2 Å². The number of rotatable bonds is 2. The summed E-state index contributed by atoms with van der Waals surface area (Å²) in [6.07, 6.45) is 0. The van der Waals surface area contributed by atoms with Crippen molar-refractivity contribution in [3.63, 3.8) is 0 Å². The summed E-state index contributed by atoms with van der Waals surface area (Å²) in [5.74, 6) is -0.292. The Morgan fingerprint density at radius 1 is 1.33 bits per heavy atom. The molecule has 2 rings (SSSR count). The molecule has 82 valence electrons. The Labute approximate surface area is 87.8 Å². The van der Waals surface area contributed by atoms with E-state index in [0.29, 0.717) is 24.6 Å². The first-order valence-corrected chi connectivity index (χ1v) is 4.90. The van der Waals surface area contributed by atoms with E-state index in [1.807, 2.05) is 5.01 Å². The summed E-state index contributed by atoms with van der Waals surface area (Å²) in [5.41, 5.74) is 9.95. The molecule has 0 unspecified atom stereocenters. The summed E-state index contributed by atoms with van der Waals surface area (Å²) in [6, 6.07) is 4.29. The van der Waals surface area contributed by atoms with E-state index in [9.17, 15) is 4.39 Å². The fourth-order valence-electron chi connectivity index (χ4n) is 1.47. The summed E-state index contributed by atoms with van der Waals surface area (Å²) >= 11 is 0. The van der Waals surface area contributed by atoms with Crippen LogP contribution in [0.4, 0.5) is 15.8 Å². The number of nitrogens with two attached hydrogens (primary N) is 1. The van der Waals surface area contributed by atoms with E-state index in [1.165, 1.54) is 12.1 Å². The molecule has 1 saturated heterocycles. The molecule has 1 heterocycles. The smallest absolute Gasteiger partial charge is 0.125 e. The number of hydrazine groups is 1. The van der Waals surface area contributed by atoms with Gasteiger partial charge in [-0.15, -0.1) is 0 Å². The molecule has 0 amide bonds. The van der Waals surface area contributed by atoms with Gasteiger partial charge < -0.3 is 15.9 Å². The molecule has 3 N–H and O–H groups in total. The molecule has 1 aromatic carbocycles. The lowest BCUT2D eigenvalue weighted by Crippen LogP contribution is -2.40. The van der Waals surface area contributed by atoms with Gasteiger partial charge in [0.2, 0.25) is 0 Å². The molecule has 0 spiro atoms. The third kappa shape index (κ3) is 2.57. The largest absolute Gasteiger partial charge is 0.397 e. The van der Waals surface area contributed by atoms with Crippen LogP contribution in [-0.4, -0.2) is 31.3 Å². The summed E-state index contributed by atoms with van der Waals surface area (Å²) < 4.78 is 18.2. The van der Waals surface area contributed by atoms with Crippen LogP contribution in [0, 0.1) is 5.82 Å². The summed E-state index contributed by atoms with van der Waals surface area (Å²) in [7, 11) is 0. The van der Waals surface area contributed by atoms with Gasteiger partial charge in [-0.1, -0.05) is 0 Å². The SMILES string of the molecule is Nc1ccc(F)cc1NN1CCOCC1.